The van der Waals surface area contributed by atoms with Crippen LogP contribution in [0, 0.1) is 6.92 Å². The number of nitrogens with one attached hydrogen (secondary N) is 1. The van der Waals surface area contributed by atoms with Crippen molar-refractivity contribution in [2.45, 2.75) is 47.1 Å². The monoisotopic (exact) mass is 243 g/mol. The molecule has 0 saturated carbocycles. The van der Waals surface area contributed by atoms with Crippen LogP contribution >= 0.6 is 0 Å². The number of benzene rings is 1. The van der Waals surface area contributed by atoms with Crippen molar-refractivity contribution in [3.05, 3.63) is 58.8 Å². The zero-order chi connectivity index (χ0) is 13.4. The van der Waals surface area contributed by atoms with Gasteiger partial charge in [-0.05, 0) is 38.3 Å². The van der Waals surface area contributed by atoms with E-state index >= 15 is 0 Å². The minimum Gasteiger partial charge on any atom is -0.384 e. The maximum Gasteiger partial charge on any atom is 0.0397 e. The third kappa shape index (κ3) is 5.22. The molecule has 0 aliphatic carbocycles. The van der Waals surface area contributed by atoms with Crippen LogP contribution < -0.4 is 5.32 Å². The van der Waals surface area contributed by atoms with Crippen molar-refractivity contribution in [3.63, 3.8) is 0 Å². The van der Waals surface area contributed by atoms with Crippen LogP contribution in [0.25, 0.3) is 0 Å². The minimum absolute atomic E-state index is 0.902. The fraction of sp³-hybridized carbons (Fsp3) is 0.412. The average Bonchev–Trinajstić information content (AvgIpc) is 2.40. The first-order valence-electron chi connectivity index (χ1n) is 6.81. The first-order chi connectivity index (χ1) is 8.65. The Balaban J connectivity index is 2.56. The second kappa shape index (κ2) is 7.75. The summed E-state index contributed by atoms with van der Waals surface area (Å²) >= 11 is 0. The maximum atomic E-state index is 3.50. The Morgan fingerprint density at radius 2 is 1.72 bits per heavy atom. The minimum atomic E-state index is 0.902. The van der Waals surface area contributed by atoms with Gasteiger partial charge in [0.2, 0.25) is 0 Å². The Bertz CT molecular complexity index is 410. The summed E-state index contributed by atoms with van der Waals surface area (Å²) < 4.78 is 0. The molecule has 0 aliphatic rings. The van der Waals surface area contributed by atoms with Gasteiger partial charge in [-0.3, -0.25) is 0 Å². The topological polar surface area (TPSA) is 12.0 Å². The highest BCUT2D eigenvalue weighted by atomic mass is 14.9. The van der Waals surface area contributed by atoms with Crippen molar-refractivity contribution in [2.24, 2.45) is 0 Å². The van der Waals surface area contributed by atoms with Crippen molar-refractivity contribution in [1.82, 2.24) is 5.32 Å². The second-order valence-corrected chi connectivity index (χ2v) is 4.75. The molecule has 1 aromatic rings. The number of aryl methyl sites for hydroxylation is 1. The molecule has 18 heavy (non-hydrogen) atoms. The van der Waals surface area contributed by atoms with Gasteiger partial charge >= 0.3 is 0 Å². The van der Waals surface area contributed by atoms with Gasteiger partial charge in [0.1, 0.15) is 0 Å². The molecule has 1 heteroatoms. The first-order valence-corrected chi connectivity index (χ1v) is 6.81. The SMILES string of the molecule is CC/C(C)=C/C=C(\CC)NCc1ccc(C)cc1. The maximum absolute atomic E-state index is 3.50. The molecule has 0 aromatic heterocycles. The van der Waals surface area contributed by atoms with E-state index in [0.29, 0.717) is 0 Å². The van der Waals surface area contributed by atoms with Gasteiger partial charge in [0.25, 0.3) is 0 Å². The fourth-order valence-electron chi connectivity index (χ4n) is 1.58. The molecule has 1 aromatic carbocycles. The predicted molar refractivity (Wildman–Crippen MR) is 80.4 cm³/mol. The molecular weight excluding hydrogens is 218 g/mol. The van der Waals surface area contributed by atoms with Crippen LogP contribution in [0.2, 0.25) is 0 Å². The van der Waals surface area contributed by atoms with Gasteiger partial charge in [-0.15, -0.1) is 0 Å². The smallest absolute Gasteiger partial charge is 0.0397 e. The van der Waals surface area contributed by atoms with Crippen LogP contribution in [0.3, 0.4) is 0 Å². The van der Waals surface area contributed by atoms with Crippen LogP contribution in [0.5, 0.6) is 0 Å². The van der Waals surface area contributed by atoms with Gasteiger partial charge in [0.15, 0.2) is 0 Å². The third-order valence-corrected chi connectivity index (χ3v) is 3.15. The van der Waals surface area contributed by atoms with E-state index in [2.05, 4.69) is 69.4 Å². The molecule has 0 spiro atoms. The molecular formula is C17H25N. The van der Waals surface area contributed by atoms with Crippen molar-refractivity contribution in [2.75, 3.05) is 0 Å². The van der Waals surface area contributed by atoms with Gasteiger partial charge in [0, 0.05) is 12.2 Å². The quantitative estimate of drug-likeness (QED) is 0.712. The number of allylic oxidation sites excluding steroid dienone is 4. The van der Waals surface area contributed by atoms with Crippen LogP contribution in [-0.2, 0) is 6.54 Å². The van der Waals surface area contributed by atoms with E-state index in [4.69, 9.17) is 0 Å². The normalized spacial score (nSPS) is 12.7. The summed E-state index contributed by atoms with van der Waals surface area (Å²) in [6.45, 7) is 9.56. The van der Waals surface area contributed by atoms with Crippen LogP contribution in [0.4, 0.5) is 0 Å². The predicted octanol–water partition coefficient (Wildman–Crippen LogP) is 4.73. The van der Waals surface area contributed by atoms with E-state index in [1.807, 2.05) is 0 Å². The Hall–Kier alpha value is -1.50. The number of hydrogen-bond donors (Lipinski definition) is 1. The van der Waals surface area contributed by atoms with Crippen LogP contribution in [0.15, 0.2) is 47.7 Å². The van der Waals surface area contributed by atoms with Crippen LogP contribution in [-0.4, -0.2) is 0 Å². The molecule has 0 unspecified atom stereocenters. The molecule has 0 fully saturated rings. The molecule has 1 N–H and O–H groups in total. The molecule has 1 rings (SSSR count). The highest BCUT2D eigenvalue weighted by Crippen LogP contribution is 2.06. The van der Waals surface area contributed by atoms with E-state index < -0.39 is 0 Å². The van der Waals surface area contributed by atoms with E-state index in [1.54, 1.807) is 0 Å². The van der Waals surface area contributed by atoms with E-state index in [0.717, 1.165) is 19.4 Å². The van der Waals surface area contributed by atoms with Crippen molar-refractivity contribution in [3.8, 4) is 0 Å². The molecule has 0 atom stereocenters. The van der Waals surface area contributed by atoms with Crippen LogP contribution in [0.1, 0.15) is 44.7 Å². The zero-order valence-corrected chi connectivity index (χ0v) is 12.1. The lowest BCUT2D eigenvalue weighted by Crippen LogP contribution is -2.12. The summed E-state index contributed by atoms with van der Waals surface area (Å²) in [6.07, 6.45) is 6.57. The lowest BCUT2D eigenvalue weighted by atomic mass is 10.1. The molecule has 0 aliphatic heterocycles. The lowest BCUT2D eigenvalue weighted by Gasteiger charge is -2.09. The molecule has 0 radical (unpaired) electrons. The Labute approximate surface area is 112 Å². The number of rotatable bonds is 6. The molecule has 0 saturated heterocycles. The van der Waals surface area contributed by atoms with Crippen molar-refractivity contribution >= 4 is 0 Å². The van der Waals surface area contributed by atoms with E-state index in [9.17, 15) is 0 Å². The lowest BCUT2D eigenvalue weighted by molar-refractivity contribution is 0.772. The molecule has 0 heterocycles. The van der Waals surface area contributed by atoms with E-state index in [-0.39, 0.29) is 0 Å². The van der Waals surface area contributed by atoms with Gasteiger partial charge in [-0.1, -0.05) is 55.3 Å². The summed E-state index contributed by atoms with van der Waals surface area (Å²) in [5.74, 6) is 0. The molecule has 98 valence electrons. The third-order valence-electron chi connectivity index (χ3n) is 3.15. The standard InChI is InChI=1S/C17H25N/c1-5-14(3)9-12-17(6-2)18-13-16-10-7-15(4)8-11-16/h7-12,18H,5-6,13H2,1-4H3/b14-9+,17-12+. The Morgan fingerprint density at radius 3 is 2.28 bits per heavy atom. The van der Waals surface area contributed by atoms with Gasteiger partial charge < -0.3 is 5.32 Å². The van der Waals surface area contributed by atoms with Gasteiger partial charge in [0.05, 0.1) is 0 Å². The summed E-state index contributed by atoms with van der Waals surface area (Å²) in [6, 6.07) is 8.69. The summed E-state index contributed by atoms with van der Waals surface area (Å²) in [4.78, 5) is 0. The van der Waals surface area contributed by atoms with E-state index in [1.165, 1.54) is 22.4 Å². The van der Waals surface area contributed by atoms with Gasteiger partial charge in [-0.25, -0.2) is 0 Å². The van der Waals surface area contributed by atoms with Crippen molar-refractivity contribution in [1.29, 1.82) is 0 Å². The van der Waals surface area contributed by atoms with Crippen molar-refractivity contribution < 1.29 is 0 Å². The highest BCUT2D eigenvalue weighted by Gasteiger charge is 1.95. The summed E-state index contributed by atoms with van der Waals surface area (Å²) in [5.41, 5.74) is 5.35. The number of hydrogen-bond acceptors (Lipinski definition) is 1. The molecule has 1 nitrogen and oxygen atoms in total. The molecule has 0 amide bonds. The highest BCUT2D eigenvalue weighted by molar-refractivity contribution is 5.22. The zero-order valence-electron chi connectivity index (χ0n) is 12.1. The first kappa shape index (κ1) is 14.6. The Morgan fingerprint density at radius 1 is 1.06 bits per heavy atom. The summed E-state index contributed by atoms with van der Waals surface area (Å²) in [7, 11) is 0. The summed E-state index contributed by atoms with van der Waals surface area (Å²) in [5, 5.41) is 3.50. The van der Waals surface area contributed by atoms with Gasteiger partial charge in [-0.2, -0.15) is 0 Å². The average molecular weight is 243 g/mol. The molecule has 0 bridgehead atoms. The fourth-order valence-corrected chi connectivity index (χ4v) is 1.58. The Kier molecular flexibility index (Phi) is 6.27. The largest absolute Gasteiger partial charge is 0.384 e. The second-order valence-electron chi connectivity index (χ2n) is 4.75.